The van der Waals surface area contributed by atoms with Crippen molar-refractivity contribution in [1.82, 2.24) is 0 Å². The number of aliphatic carboxylic acids is 1. The molecule has 19 heteroatoms. The van der Waals surface area contributed by atoms with E-state index in [1.807, 2.05) is 0 Å². The number of aliphatic hydroxyl groups excluding tert-OH is 10. The van der Waals surface area contributed by atoms with Crippen LogP contribution in [0.3, 0.4) is 0 Å². The van der Waals surface area contributed by atoms with Gasteiger partial charge in [-0.25, -0.2) is 0 Å². The van der Waals surface area contributed by atoms with E-state index >= 15 is 0 Å². The fraction of sp³-hybridized carbons (Fsp3) is 0.906. The molecule has 5 saturated carbocycles. The summed E-state index contributed by atoms with van der Waals surface area (Å²) in [6.45, 7) is 18.2. The minimum Gasteiger partial charge on any atom is -0.481 e. The van der Waals surface area contributed by atoms with E-state index in [0.717, 1.165) is 44.1 Å². The Morgan fingerprint density at radius 1 is 0.694 bits per heavy atom. The number of hydrogen-bond donors (Lipinski definition) is 11. The molecule has 0 aromatic rings. The molecule has 3 aliphatic heterocycles. The van der Waals surface area contributed by atoms with E-state index in [2.05, 4.69) is 47.3 Å². The van der Waals surface area contributed by atoms with Gasteiger partial charge < -0.3 is 89.3 Å². The number of carboxylic acids is 1. The van der Waals surface area contributed by atoms with Crippen LogP contribution in [0.5, 0.6) is 0 Å². The maximum atomic E-state index is 13.1. The van der Waals surface area contributed by atoms with E-state index in [1.54, 1.807) is 0 Å². The second-order valence-corrected chi connectivity index (χ2v) is 24.9. The zero-order valence-corrected chi connectivity index (χ0v) is 42.9. The van der Waals surface area contributed by atoms with Gasteiger partial charge in [0.2, 0.25) is 0 Å². The fourth-order valence-electron chi connectivity index (χ4n) is 16.3. The van der Waals surface area contributed by atoms with Crippen molar-refractivity contribution in [3.05, 3.63) is 23.8 Å². The van der Waals surface area contributed by atoms with Gasteiger partial charge >= 0.3 is 5.97 Å². The third-order valence-electron chi connectivity index (χ3n) is 21.0. The smallest absolute Gasteiger partial charge is 0.310 e. The number of rotatable bonds is 10. The van der Waals surface area contributed by atoms with E-state index in [9.17, 15) is 61.0 Å². The third kappa shape index (κ3) is 8.72. The molecule has 0 spiro atoms. The Kier molecular flexibility index (Phi) is 15.2. The molecular formula is C53H84O19. The first-order valence-electron chi connectivity index (χ1n) is 26.6. The molecule has 19 nitrogen and oxygen atoms in total. The van der Waals surface area contributed by atoms with Crippen molar-refractivity contribution in [2.24, 2.45) is 50.7 Å². The van der Waals surface area contributed by atoms with E-state index in [4.69, 9.17) is 33.2 Å². The summed E-state index contributed by atoms with van der Waals surface area (Å²) < 4.78 is 44.1. The van der Waals surface area contributed by atoms with Crippen molar-refractivity contribution in [3.63, 3.8) is 0 Å². The Balaban J connectivity index is 0.992. The van der Waals surface area contributed by atoms with Crippen molar-refractivity contribution in [1.29, 1.82) is 0 Å². The Hall–Kier alpha value is -1.73. The van der Waals surface area contributed by atoms with E-state index in [1.165, 1.54) is 19.4 Å². The van der Waals surface area contributed by atoms with Gasteiger partial charge in [0.1, 0.15) is 67.1 Å². The first-order valence-corrected chi connectivity index (χ1v) is 26.6. The molecule has 72 heavy (non-hydrogen) atoms. The monoisotopic (exact) mass is 1020 g/mol. The van der Waals surface area contributed by atoms with Crippen LogP contribution in [0.15, 0.2) is 23.8 Å². The second kappa shape index (κ2) is 19.9. The summed E-state index contributed by atoms with van der Waals surface area (Å²) in [5.74, 6) is -1.17. The van der Waals surface area contributed by atoms with Gasteiger partial charge in [0.15, 0.2) is 18.9 Å². The van der Waals surface area contributed by atoms with Crippen molar-refractivity contribution in [2.75, 3.05) is 13.2 Å². The highest BCUT2D eigenvalue weighted by atomic mass is 16.8. The van der Waals surface area contributed by atoms with Gasteiger partial charge in [0.25, 0.3) is 0 Å². The van der Waals surface area contributed by atoms with Gasteiger partial charge in [0, 0.05) is 18.4 Å². The number of allylic oxidation sites excluding steroid dienone is 3. The van der Waals surface area contributed by atoms with Crippen molar-refractivity contribution in [2.45, 2.75) is 236 Å². The lowest BCUT2D eigenvalue weighted by molar-refractivity contribution is -0.386. The van der Waals surface area contributed by atoms with Crippen LogP contribution < -0.4 is 0 Å². The normalized spacial score (nSPS) is 54.6. The average Bonchev–Trinajstić information content (AvgIpc) is 3.33. The van der Waals surface area contributed by atoms with E-state index in [0.29, 0.717) is 31.6 Å². The van der Waals surface area contributed by atoms with Crippen molar-refractivity contribution >= 4 is 5.97 Å². The van der Waals surface area contributed by atoms with Crippen LogP contribution in [-0.4, -0.2) is 192 Å². The van der Waals surface area contributed by atoms with Crippen LogP contribution in [0, 0.1) is 50.7 Å². The van der Waals surface area contributed by atoms with Crippen LogP contribution in [0.25, 0.3) is 0 Å². The highest BCUT2D eigenvalue weighted by Gasteiger charge is 2.69. The van der Waals surface area contributed by atoms with Crippen LogP contribution in [0.2, 0.25) is 0 Å². The van der Waals surface area contributed by atoms with Gasteiger partial charge in [-0.1, -0.05) is 58.4 Å². The van der Waals surface area contributed by atoms with Gasteiger partial charge in [-0.05, 0) is 118 Å². The molecule has 0 amide bonds. The van der Waals surface area contributed by atoms with Crippen molar-refractivity contribution in [3.8, 4) is 0 Å². The van der Waals surface area contributed by atoms with Crippen LogP contribution in [0.1, 0.15) is 119 Å². The van der Waals surface area contributed by atoms with E-state index in [-0.39, 0.29) is 41.1 Å². The van der Waals surface area contributed by atoms with Gasteiger partial charge in [-0.15, -0.1) is 0 Å². The lowest BCUT2D eigenvalue weighted by Crippen LogP contribution is -2.67. The van der Waals surface area contributed by atoms with Gasteiger partial charge in [-0.2, -0.15) is 0 Å². The molecule has 0 aromatic carbocycles. The molecule has 0 radical (unpaired) electrons. The molecule has 27 atom stereocenters. The predicted octanol–water partition coefficient (Wildman–Crippen LogP) is 1.42. The summed E-state index contributed by atoms with van der Waals surface area (Å²) in [5.41, 5.74) is 0.775. The maximum Gasteiger partial charge on any atom is 0.310 e. The number of ether oxygens (including phenoxy) is 7. The zero-order chi connectivity index (χ0) is 52.4. The molecule has 27 unspecified atom stereocenters. The fourth-order valence-corrected chi connectivity index (χ4v) is 16.3. The molecule has 9 aliphatic rings. The molecule has 8 fully saturated rings. The largest absolute Gasteiger partial charge is 0.481 e. The second-order valence-electron chi connectivity index (χ2n) is 24.9. The number of carboxylic acid groups (broad SMARTS) is 1. The van der Waals surface area contributed by atoms with Gasteiger partial charge in [-0.3, -0.25) is 4.79 Å². The third-order valence-corrected chi connectivity index (χ3v) is 21.0. The minimum atomic E-state index is -1.82. The number of aliphatic hydroxyl groups is 10. The molecule has 3 saturated heterocycles. The lowest BCUT2D eigenvalue weighted by Gasteiger charge is -2.71. The van der Waals surface area contributed by atoms with E-state index < -0.39 is 146 Å². The average molecular weight is 1030 g/mol. The first kappa shape index (κ1) is 55.0. The summed E-state index contributed by atoms with van der Waals surface area (Å²) in [5, 5.41) is 120. The Bertz CT molecular complexity index is 2020. The zero-order valence-electron chi connectivity index (χ0n) is 42.9. The number of carbonyl (C=O) groups is 1. The Morgan fingerprint density at radius 2 is 1.35 bits per heavy atom. The van der Waals surface area contributed by atoms with Crippen LogP contribution in [-0.2, 0) is 38.0 Å². The van der Waals surface area contributed by atoms with Crippen LogP contribution >= 0.6 is 0 Å². The highest BCUT2D eigenvalue weighted by molar-refractivity contribution is 5.77. The molecule has 0 aromatic heterocycles. The standard InChI is InChI=1S/C53H84O19/c1-23-11-16-53(48(64)65)18-17-51(7)27(28(53)19-23)9-10-32-50(6)14-13-33(49(4,5)31(50)12-15-52(32,51)8)70-47-44(42(29(55)22-66-47)69-30-20-26(21-54)36(58)39(61)37(30)59)72-46-41(63)43(35(57)25(3)68-46)71-45-40(62)38(60)34(56)24(2)67-45/h9,24-26,28-47,54-63H,1,10-22H2,2-8H3,(H,64,65). The topological polar surface area (TPSA) is 304 Å². The molecule has 3 heterocycles. The van der Waals surface area contributed by atoms with Gasteiger partial charge in [0.05, 0.1) is 42.5 Å². The Labute approximate surface area is 422 Å². The summed E-state index contributed by atoms with van der Waals surface area (Å²) in [7, 11) is 0. The maximum absolute atomic E-state index is 13.1. The van der Waals surface area contributed by atoms with Crippen molar-refractivity contribution < 1.29 is 94.1 Å². The SMILES string of the molecule is C=C1CCC2(C(=O)O)CCC3(C)C(=CCC4C5(C)CCC(OC6OCC(O)C(OC7CC(CO)C(O)C(O)C7O)C6OC6OC(C)C(O)C(OC7OC(C)C(O)C(O)C7O)C6O)C(C)(C)C5CCC43C)C2C1. The summed E-state index contributed by atoms with van der Waals surface area (Å²) in [6.07, 6.45) is -17.2. The molecule has 9 rings (SSSR count). The number of hydrogen-bond acceptors (Lipinski definition) is 18. The predicted molar refractivity (Wildman–Crippen MR) is 253 cm³/mol. The highest BCUT2D eigenvalue weighted by Crippen LogP contribution is 2.75. The molecule has 0 bridgehead atoms. The van der Waals surface area contributed by atoms with Crippen LogP contribution in [0.4, 0.5) is 0 Å². The minimum absolute atomic E-state index is 0.0662. The number of fused-ring (bicyclic) bond motifs is 7. The molecule has 6 aliphatic carbocycles. The lowest BCUT2D eigenvalue weighted by atomic mass is 9.34. The molecular weight excluding hydrogens is 941 g/mol. The Morgan fingerprint density at radius 3 is 2.03 bits per heavy atom. The first-order chi connectivity index (χ1) is 33.7. The molecule has 11 N–H and O–H groups in total. The summed E-state index contributed by atoms with van der Waals surface area (Å²) in [6, 6.07) is 0. The summed E-state index contributed by atoms with van der Waals surface area (Å²) in [4.78, 5) is 13.1. The quantitative estimate of drug-likeness (QED) is 0.109. The molecule has 410 valence electrons. The summed E-state index contributed by atoms with van der Waals surface area (Å²) >= 11 is 0.